The van der Waals surface area contributed by atoms with Crippen molar-refractivity contribution in [2.75, 3.05) is 25.6 Å². The molecule has 0 saturated carbocycles. The van der Waals surface area contributed by atoms with E-state index in [1.165, 1.54) is 0 Å². The average molecular weight is 264 g/mol. The van der Waals surface area contributed by atoms with Gasteiger partial charge < -0.3 is 20.1 Å². The summed E-state index contributed by atoms with van der Waals surface area (Å²) in [6, 6.07) is 6.94. The zero-order valence-electron chi connectivity index (χ0n) is 11.3. The van der Waals surface area contributed by atoms with Crippen molar-refractivity contribution in [2.24, 2.45) is 5.92 Å². The summed E-state index contributed by atoms with van der Waals surface area (Å²) in [6.07, 6.45) is 0.932. The highest BCUT2D eigenvalue weighted by molar-refractivity contribution is 5.89. The van der Waals surface area contributed by atoms with Crippen LogP contribution in [-0.4, -0.2) is 42.3 Å². The molecule has 0 radical (unpaired) electrons. The molecule has 1 saturated heterocycles. The van der Waals surface area contributed by atoms with E-state index in [1.54, 1.807) is 36.3 Å². The number of carbonyl (C=O) groups excluding carboxylic acids is 1. The summed E-state index contributed by atoms with van der Waals surface area (Å²) >= 11 is 0. The maximum absolute atomic E-state index is 12.2. The van der Waals surface area contributed by atoms with Crippen molar-refractivity contribution in [3.05, 3.63) is 24.3 Å². The van der Waals surface area contributed by atoms with Crippen molar-refractivity contribution in [2.45, 2.75) is 19.4 Å². The zero-order chi connectivity index (χ0) is 13.8. The summed E-state index contributed by atoms with van der Waals surface area (Å²) in [5.41, 5.74) is 0.724. The van der Waals surface area contributed by atoms with Gasteiger partial charge in [0.25, 0.3) is 0 Å². The monoisotopic (exact) mass is 264 g/mol. The topological polar surface area (TPSA) is 61.8 Å². The molecule has 5 nitrogen and oxygen atoms in total. The van der Waals surface area contributed by atoms with Crippen molar-refractivity contribution in [3.8, 4) is 5.75 Å². The molecule has 1 fully saturated rings. The highest BCUT2D eigenvalue weighted by Gasteiger charge is 2.33. The van der Waals surface area contributed by atoms with Gasteiger partial charge in [0, 0.05) is 12.2 Å². The SMILES string of the molecule is COc1ccc(NC(=O)N2CCC(C)C2CO)cc1. The summed E-state index contributed by atoms with van der Waals surface area (Å²) < 4.78 is 5.07. The van der Waals surface area contributed by atoms with Gasteiger partial charge >= 0.3 is 6.03 Å². The maximum atomic E-state index is 12.2. The van der Waals surface area contributed by atoms with E-state index in [9.17, 15) is 9.90 Å². The molecular weight excluding hydrogens is 244 g/mol. The van der Waals surface area contributed by atoms with E-state index in [2.05, 4.69) is 12.2 Å². The number of aliphatic hydroxyl groups excluding tert-OH is 1. The Kier molecular flexibility index (Phi) is 4.27. The first-order chi connectivity index (χ1) is 9.15. The summed E-state index contributed by atoms with van der Waals surface area (Å²) in [5.74, 6) is 1.09. The molecule has 5 heteroatoms. The van der Waals surface area contributed by atoms with Gasteiger partial charge in [-0.05, 0) is 36.6 Å². The van der Waals surface area contributed by atoms with Gasteiger partial charge in [0.2, 0.25) is 0 Å². The minimum Gasteiger partial charge on any atom is -0.497 e. The summed E-state index contributed by atoms with van der Waals surface area (Å²) in [7, 11) is 1.60. The highest BCUT2D eigenvalue weighted by Crippen LogP contribution is 2.24. The largest absolute Gasteiger partial charge is 0.497 e. The standard InChI is InChI=1S/C14H20N2O3/c1-10-7-8-16(13(10)9-17)14(18)15-11-3-5-12(19-2)6-4-11/h3-6,10,13,17H,7-9H2,1-2H3,(H,15,18). The van der Waals surface area contributed by atoms with E-state index < -0.39 is 0 Å². The number of nitrogens with zero attached hydrogens (tertiary/aromatic N) is 1. The van der Waals surface area contributed by atoms with Gasteiger partial charge in [0.05, 0.1) is 19.8 Å². The highest BCUT2D eigenvalue weighted by atomic mass is 16.5. The number of methoxy groups -OCH3 is 1. The van der Waals surface area contributed by atoms with E-state index in [1.807, 2.05) is 0 Å². The Morgan fingerprint density at radius 1 is 1.47 bits per heavy atom. The van der Waals surface area contributed by atoms with Crippen LogP contribution in [-0.2, 0) is 0 Å². The van der Waals surface area contributed by atoms with Crippen LogP contribution < -0.4 is 10.1 Å². The lowest BCUT2D eigenvalue weighted by Gasteiger charge is -2.25. The van der Waals surface area contributed by atoms with Crippen LogP contribution in [0.5, 0.6) is 5.75 Å². The third kappa shape index (κ3) is 2.98. The van der Waals surface area contributed by atoms with Crippen molar-refractivity contribution in [1.29, 1.82) is 0 Å². The molecule has 2 amide bonds. The number of amides is 2. The number of rotatable bonds is 3. The van der Waals surface area contributed by atoms with E-state index >= 15 is 0 Å². The second-order valence-corrected chi connectivity index (χ2v) is 4.87. The molecule has 0 aromatic heterocycles. The fourth-order valence-electron chi connectivity index (χ4n) is 2.41. The molecule has 2 unspecified atom stereocenters. The van der Waals surface area contributed by atoms with Crippen molar-refractivity contribution < 1.29 is 14.6 Å². The second kappa shape index (κ2) is 5.93. The Hall–Kier alpha value is -1.75. The minimum atomic E-state index is -0.159. The van der Waals surface area contributed by atoms with Crippen molar-refractivity contribution >= 4 is 11.7 Å². The first-order valence-electron chi connectivity index (χ1n) is 6.48. The predicted molar refractivity (Wildman–Crippen MR) is 73.4 cm³/mol. The quantitative estimate of drug-likeness (QED) is 0.877. The van der Waals surface area contributed by atoms with E-state index in [0.29, 0.717) is 12.5 Å². The Morgan fingerprint density at radius 3 is 2.74 bits per heavy atom. The van der Waals surface area contributed by atoms with Crippen LogP contribution in [0.4, 0.5) is 10.5 Å². The van der Waals surface area contributed by atoms with E-state index in [4.69, 9.17) is 4.74 Å². The third-order valence-corrected chi connectivity index (χ3v) is 3.67. The van der Waals surface area contributed by atoms with Gasteiger partial charge in [0.15, 0.2) is 0 Å². The molecule has 2 rings (SSSR count). The van der Waals surface area contributed by atoms with Gasteiger partial charge in [-0.2, -0.15) is 0 Å². The fraction of sp³-hybridized carbons (Fsp3) is 0.500. The van der Waals surface area contributed by atoms with Crippen LogP contribution in [0, 0.1) is 5.92 Å². The average Bonchev–Trinajstić information content (AvgIpc) is 2.80. The second-order valence-electron chi connectivity index (χ2n) is 4.87. The number of ether oxygens (including phenoxy) is 1. The van der Waals surface area contributed by atoms with Crippen LogP contribution in [0.15, 0.2) is 24.3 Å². The maximum Gasteiger partial charge on any atom is 0.322 e. The predicted octanol–water partition coefficient (Wildman–Crippen LogP) is 1.93. The Morgan fingerprint density at radius 2 is 2.16 bits per heavy atom. The number of hydrogen-bond acceptors (Lipinski definition) is 3. The van der Waals surface area contributed by atoms with Gasteiger partial charge in [0.1, 0.15) is 5.75 Å². The summed E-state index contributed by atoms with van der Waals surface area (Å²) in [6.45, 7) is 2.76. The molecule has 1 aromatic rings. The molecule has 1 aliphatic rings. The fourth-order valence-corrected chi connectivity index (χ4v) is 2.41. The number of anilines is 1. The Balaban J connectivity index is 2.00. The molecule has 1 aliphatic heterocycles. The first kappa shape index (κ1) is 13.7. The van der Waals surface area contributed by atoms with Crippen molar-refractivity contribution in [3.63, 3.8) is 0 Å². The smallest absolute Gasteiger partial charge is 0.322 e. The van der Waals surface area contributed by atoms with Crippen molar-refractivity contribution in [1.82, 2.24) is 4.90 Å². The molecule has 104 valence electrons. The molecule has 1 aromatic carbocycles. The van der Waals surface area contributed by atoms with Crippen LogP contribution in [0.2, 0.25) is 0 Å². The summed E-state index contributed by atoms with van der Waals surface area (Å²) in [4.78, 5) is 13.9. The lowest BCUT2D eigenvalue weighted by molar-refractivity contribution is 0.152. The number of carbonyl (C=O) groups is 1. The Bertz CT molecular complexity index is 433. The third-order valence-electron chi connectivity index (χ3n) is 3.67. The molecule has 0 spiro atoms. The van der Waals surface area contributed by atoms with E-state index in [0.717, 1.165) is 17.9 Å². The van der Waals surface area contributed by atoms with E-state index in [-0.39, 0.29) is 18.7 Å². The molecular formula is C14H20N2O3. The van der Waals surface area contributed by atoms with Gasteiger partial charge in [-0.15, -0.1) is 0 Å². The number of hydrogen-bond donors (Lipinski definition) is 2. The Labute approximate surface area is 113 Å². The van der Waals surface area contributed by atoms with Gasteiger partial charge in [-0.1, -0.05) is 6.92 Å². The normalized spacial score (nSPS) is 22.4. The number of urea groups is 1. The zero-order valence-corrected chi connectivity index (χ0v) is 11.3. The molecule has 19 heavy (non-hydrogen) atoms. The first-order valence-corrected chi connectivity index (χ1v) is 6.48. The molecule has 1 heterocycles. The summed E-state index contributed by atoms with van der Waals surface area (Å²) in [5, 5.41) is 12.2. The van der Waals surface area contributed by atoms with Crippen LogP contribution >= 0.6 is 0 Å². The number of aliphatic hydroxyl groups is 1. The molecule has 0 bridgehead atoms. The van der Waals surface area contributed by atoms with Crippen LogP contribution in [0.1, 0.15) is 13.3 Å². The molecule has 2 N–H and O–H groups in total. The van der Waals surface area contributed by atoms with Crippen LogP contribution in [0.25, 0.3) is 0 Å². The van der Waals surface area contributed by atoms with Gasteiger partial charge in [-0.25, -0.2) is 4.79 Å². The number of nitrogens with one attached hydrogen (secondary N) is 1. The minimum absolute atomic E-state index is 0.0111. The molecule has 0 aliphatic carbocycles. The lowest BCUT2D eigenvalue weighted by atomic mass is 10.0. The van der Waals surface area contributed by atoms with Gasteiger partial charge in [-0.3, -0.25) is 0 Å². The van der Waals surface area contributed by atoms with Crippen LogP contribution in [0.3, 0.4) is 0 Å². The number of benzene rings is 1. The lowest BCUT2D eigenvalue weighted by Crippen LogP contribution is -2.42. The number of likely N-dealkylation sites (tertiary alicyclic amines) is 1. The molecule has 2 atom stereocenters.